The van der Waals surface area contributed by atoms with E-state index in [0.29, 0.717) is 32.5 Å². The molecule has 8 nitrogen and oxygen atoms in total. The molecule has 2 aromatic carbocycles. The largest absolute Gasteiger partial charge is 0.389 e. The zero-order valence-electron chi connectivity index (χ0n) is 23.2. The Morgan fingerprint density at radius 1 is 1.15 bits per heavy atom. The minimum Gasteiger partial charge on any atom is -0.389 e. The highest BCUT2D eigenvalue weighted by atomic mass is 19.1. The van der Waals surface area contributed by atoms with Crippen LogP contribution in [0.25, 0.3) is 0 Å². The van der Waals surface area contributed by atoms with Gasteiger partial charge in [-0.3, -0.25) is 14.4 Å². The summed E-state index contributed by atoms with van der Waals surface area (Å²) in [6.07, 6.45) is 0.191. The number of nitrogens with zero attached hydrogens (tertiary/aromatic N) is 2. The smallest absolute Gasteiger partial charge is 0.243 e. The molecule has 40 heavy (non-hydrogen) atoms. The fraction of sp³-hybridized carbons (Fsp3) is 0.500. The van der Waals surface area contributed by atoms with Crippen molar-refractivity contribution in [1.82, 2.24) is 20.4 Å². The zero-order valence-corrected chi connectivity index (χ0v) is 23.2. The van der Waals surface area contributed by atoms with Crippen LogP contribution in [0.5, 0.6) is 0 Å². The molecular formula is C30H38F2N4O4. The van der Waals surface area contributed by atoms with Gasteiger partial charge in [-0.25, -0.2) is 8.78 Å². The summed E-state index contributed by atoms with van der Waals surface area (Å²) in [4.78, 5) is 43.0. The first kappa shape index (κ1) is 29.6. The summed E-state index contributed by atoms with van der Waals surface area (Å²) in [6, 6.07) is 9.61. The Kier molecular flexibility index (Phi) is 9.20. The van der Waals surface area contributed by atoms with Gasteiger partial charge < -0.3 is 25.5 Å². The molecule has 0 aromatic heterocycles. The third kappa shape index (κ3) is 6.50. The van der Waals surface area contributed by atoms with Crippen molar-refractivity contribution < 1.29 is 28.3 Å². The maximum absolute atomic E-state index is 14.0. The van der Waals surface area contributed by atoms with Crippen LogP contribution in [-0.4, -0.2) is 77.0 Å². The number of nitrogens with one attached hydrogen (secondary N) is 2. The van der Waals surface area contributed by atoms with Gasteiger partial charge in [-0.1, -0.05) is 50.6 Å². The molecule has 4 rings (SSSR count). The van der Waals surface area contributed by atoms with Crippen molar-refractivity contribution in [2.45, 2.75) is 70.3 Å². The molecule has 216 valence electrons. The predicted molar refractivity (Wildman–Crippen MR) is 146 cm³/mol. The zero-order chi connectivity index (χ0) is 29.0. The van der Waals surface area contributed by atoms with Gasteiger partial charge in [0.15, 0.2) is 0 Å². The number of hydrogen-bond acceptors (Lipinski definition) is 5. The first-order chi connectivity index (χ1) is 19.0. The summed E-state index contributed by atoms with van der Waals surface area (Å²) in [5, 5.41) is 17.4. The van der Waals surface area contributed by atoms with Gasteiger partial charge in [0, 0.05) is 38.2 Å². The first-order valence-electron chi connectivity index (χ1n) is 13.8. The molecule has 2 unspecified atom stereocenters. The summed E-state index contributed by atoms with van der Waals surface area (Å²) in [6.45, 7) is 5.04. The average Bonchev–Trinajstić information content (AvgIpc) is 3.13. The third-order valence-corrected chi connectivity index (χ3v) is 8.05. The van der Waals surface area contributed by atoms with E-state index < -0.39 is 47.2 Å². The van der Waals surface area contributed by atoms with E-state index in [4.69, 9.17) is 0 Å². The van der Waals surface area contributed by atoms with Gasteiger partial charge >= 0.3 is 0 Å². The fourth-order valence-electron chi connectivity index (χ4n) is 5.98. The SMILES string of the molecule is CCCC1(C)CC(C(=O)N[C@@H](Cc2cc(F)cc(F)c2)[C@H](O)[C@@H]2NCCN(Cc3ccccc3)C2=O)N(C)C1=O. The number of halogens is 2. The van der Waals surface area contributed by atoms with Crippen molar-refractivity contribution in [2.75, 3.05) is 20.1 Å². The molecule has 3 amide bonds. The summed E-state index contributed by atoms with van der Waals surface area (Å²) in [5.41, 5.74) is 0.484. The Bertz CT molecular complexity index is 1210. The Morgan fingerprint density at radius 2 is 1.82 bits per heavy atom. The van der Waals surface area contributed by atoms with Crippen LogP contribution in [0.1, 0.15) is 44.2 Å². The number of benzene rings is 2. The number of rotatable bonds is 10. The molecule has 2 aliphatic rings. The monoisotopic (exact) mass is 556 g/mol. The van der Waals surface area contributed by atoms with Gasteiger partial charge in [0.05, 0.1) is 12.1 Å². The average molecular weight is 557 g/mol. The fourth-order valence-corrected chi connectivity index (χ4v) is 5.98. The third-order valence-electron chi connectivity index (χ3n) is 8.05. The topological polar surface area (TPSA) is 102 Å². The second-order valence-electron chi connectivity index (χ2n) is 11.2. The minimum absolute atomic E-state index is 0.123. The van der Waals surface area contributed by atoms with Crippen LogP contribution in [0.4, 0.5) is 8.78 Å². The second kappa shape index (κ2) is 12.4. The molecule has 10 heteroatoms. The van der Waals surface area contributed by atoms with Crippen LogP contribution in [0.15, 0.2) is 48.5 Å². The number of likely N-dealkylation sites (N-methyl/N-ethyl adjacent to an activating group) is 1. The lowest BCUT2D eigenvalue weighted by molar-refractivity contribution is -0.141. The van der Waals surface area contributed by atoms with Gasteiger partial charge in [0.2, 0.25) is 17.7 Å². The van der Waals surface area contributed by atoms with E-state index in [1.807, 2.05) is 44.2 Å². The van der Waals surface area contributed by atoms with Gasteiger partial charge in [0.1, 0.15) is 23.7 Å². The molecule has 0 spiro atoms. The molecule has 2 saturated heterocycles. The number of aliphatic hydroxyl groups excluding tert-OH is 1. The highest BCUT2D eigenvalue weighted by molar-refractivity contribution is 5.94. The molecule has 3 N–H and O–H groups in total. The van der Waals surface area contributed by atoms with Gasteiger partial charge in [0.25, 0.3) is 0 Å². The summed E-state index contributed by atoms with van der Waals surface area (Å²) < 4.78 is 28.0. The summed E-state index contributed by atoms with van der Waals surface area (Å²) in [7, 11) is 1.58. The van der Waals surface area contributed by atoms with Crippen molar-refractivity contribution in [3.8, 4) is 0 Å². The summed E-state index contributed by atoms with van der Waals surface area (Å²) in [5.74, 6) is -2.52. The minimum atomic E-state index is -1.41. The number of carbonyl (C=O) groups is 3. The number of likely N-dealkylation sites (tertiary alicyclic amines) is 1. The van der Waals surface area contributed by atoms with E-state index >= 15 is 0 Å². The van der Waals surface area contributed by atoms with Gasteiger partial charge in [-0.2, -0.15) is 0 Å². The number of piperazine rings is 1. The molecule has 0 aliphatic carbocycles. The molecule has 2 fully saturated rings. The quantitative estimate of drug-likeness (QED) is 0.417. The van der Waals surface area contributed by atoms with Gasteiger partial charge in [-0.05, 0) is 42.5 Å². The normalized spacial score (nSPS) is 24.8. The standard InChI is InChI=1S/C30H38F2N4O4/c1-4-10-30(2)17-24(35(3)29(30)40)27(38)34-23(15-20-13-21(31)16-22(32)14-20)26(37)25-28(39)36(12-11-33-25)18-19-8-6-5-7-9-19/h5-9,13-14,16,23-26,33,37H,4,10-12,15,17-18H2,1-3H3,(H,34,38)/t23-,24?,25-,26-,30?/m0/s1. The molecule has 0 saturated carbocycles. The Balaban J connectivity index is 1.56. The first-order valence-corrected chi connectivity index (χ1v) is 13.8. The van der Waals surface area contributed by atoms with Crippen LogP contribution in [0, 0.1) is 17.0 Å². The Hall–Kier alpha value is -3.37. The van der Waals surface area contributed by atoms with Crippen molar-refractivity contribution in [1.29, 1.82) is 0 Å². The Labute approximate surface area is 233 Å². The van der Waals surface area contributed by atoms with Crippen molar-refractivity contribution >= 4 is 17.7 Å². The van der Waals surface area contributed by atoms with E-state index in [1.165, 1.54) is 4.90 Å². The van der Waals surface area contributed by atoms with E-state index in [0.717, 1.165) is 30.2 Å². The van der Waals surface area contributed by atoms with Crippen LogP contribution >= 0.6 is 0 Å². The van der Waals surface area contributed by atoms with Crippen molar-refractivity contribution in [2.24, 2.45) is 5.41 Å². The molecule has 0 bridgehead atoms. The number of amides is 3. The molecule has 0 radical (unpaired) electrons. The number of carbonyl (C=O) groups excluding carboxylic acids is 3. The van der Waals surface area contributed by atoms with Crippen LogP contribution in [-0.2, 0) is 27.3 Å². The molecule has 2 aromatic rings. The van der Waals surface area contributed by atoms with Crippen LogP contribution < -0.4 is 10.6 Å². The molecule has 2 aliphatic heterocycles. The maximum atomic E-state index is 14.0. The summed E-state index contributed by atoms with van der Waals surface area (Å²) >= 11 is 0. The van der Waals surface area contributed by atoms with Crippen molar-refractivity contribution in [3.05, 3.63) is 71.3 Å². The predicted octanol–water partition coefficient (Wildman–Crippen LogP) is 2.39. The highest BCUT2D eigenvalue weighted by Crippen LogP contribution is 2.39. The number of hydrogen-bond donors (Lipinski definition) is 3. The van der Waals surface area contributed by atoms with E-state index in [2.05, 4.69) is 10.6 Å². The lowest BCUT2D eigenvalue weighted by Crippen LogP contribution is -2.64. The Morgan fingerprint density at radius 3 is 2.48 bits per heavy atom. The lowest BCUT2D eigenvalue weighted by atomic mass is 9.82. The van der Waals surface area contributed by atoms with Crippen molar-refractivity contribution in [3.63, 3.8) is 0 Å². The van der Waals surface area contributed by atoms with E-state index in [-0.39, 0.29) is 23.8 Å². The molecular weight excluding hydrogens is 518 g/mol. The van der Waals surface area contributed by atoms with E-state index in [9.17, 15) is 28.3 Å². The number of aliphatic hydroxyl groups is 1. The maximum Gasteiger partial charge on any atom is 0.243 e. The molecule has 5 atom stereocenters. The van der Waals surface area contributed by atoms with Gasteiger partial charge in [-0.15, -0.1) is 0 Å². The molecule has 2 heterocycles. The van der Waals surface area contributed by atoms with E-state index in [1.54, 1.807) is 11.9 Å². The van der Waals surface area contributed by atoms with Crippen LogP contribution in [0.2, 0.25) is 0 Å². The lowest BCUT2D eigenvalue weighted by Gasteiger charge is -2.38. The second-order valence-corrected chi connectivity index (χ2v) is 11.2. The highest BCUT2D eigenvalue weighted by Gasteiger charge is 2.49. The van der Waals surface area contributed by atoms with Crippen LogP contribution in [0.3, 0.4) is 0 Å².